The summed E-state index contributed by atoms with van der Waals surface area (Å²) in [4.78, 5) is 23.6. The molecule has 0 aromatic rings. The highest BCUT2D eigenvalue weighted by Crippen LogP contribution is 2.44. The minimum absolute atomic E-state index is 0.136. The highest BCUT2D eigenvalue weighted by Gasteiger charge is 2.58. The molecule has 1 amide bonds. The number of carboxylic acids is 1. The first kappa shape index (κ1) is 9.79. The van der Waals surface area contributed by atoms with Gasteiger partial charge >= 0.3 is 5.97 Å². The molecule has 3 unspecified atom stereocenters. The number of hydrogen-bond acceptors (Lipinski definition) is 4. The zero-order valence-corrected chi connectivity index (χ0v) is 8.40. The molecule has 0 saturated carbocycles. The Morgan fingerprint density at radius 1 is 1.71 bits per heavy atom. The molecule has 0 aromatic heterocycles. The molecule has 0 spiro atoms. The number of aliphatic hydroxyl groups excluding tert-OH is 1. The van der Waals surface area contributed by atoms with Crippen molar-refractivity contribution in [2.75, 3.05) is 5.75 Å². The summed E-state index contributed by atoms with van der Waals surface area (Å²) in [6.07, 6.45) is -0.691. The van der Waals surface area contributed by atoms with Crippen molar-refractivity contribution in [3.63, 3.8) is 0 Å². The van der Waals surface area contributed by atoms with Gasteiger partial charge in [0, 0.05) is 5.75 Å². The highest BCUT2D eigenvalue weighted by atomic mass is 32.2. The normalized spacial score (nSPS) is 37.7. The van der Waals surface area contributed by atoms with E-state index in [2.05, 4.69) is 0 Å². The Morgan fingerprint density at radius 2 is 2.36 bits per heavy atom. The summed E-state index contributed by atoms with van der Waals surface area (Å²) in [7, 11) is 0. The average molecular weight is 217 g/mol. The van der Waals surface area contributed by atoms with Gasteiger partial charge in [0.15, 0.2) is 0 Å². The lowest BCUT2D eigenvalue weighted by Gasteiger charge is -2.44. The number of carbonyl (C=O) groups is 2. The molecule has 2 aliphatic heterocycles. The van der Waals surface area contributed by atoms with Crippen LogP contribution in [0.4, 0.5) is 0 Å². The molecule has 0 aromatic carbocycles. The van der Waals surface area contributed by atoms with Crippen molar-refractivity contribution in [3.8, 4) is 0 Å². The number of β-lactam (4-membered cyclic amide) rings is 1. The van der Waals surface area contributed by atoms with Crippen LogP contribution in [0.15, 0.2) is 0 Å². The molecule has 0 aliphatic carbocycles. The molecule has 4 atom stereocenters. The van der Waals surface area contributed by atoms with Gasteiger partial charge in [0.25, 0.3) is 0 Å². The molecular weight excluding hydrogens is 206 g/mol. The maximum Gasteiger partial charge on any atom is 0.327 e. The number of carboxylic acid groups (broad SMARTS) is 1. The van der Waals surface area contributed by atoms with Crippen molar-refractivity contribution in [2.45, 2.75) is 24.4 Å². The number of aliphatic hydroxyl groups is 1. The fourth-order valence-corrected chi connectivity index (χ4v) is 3.58. The van der Waals surface area contributed by atoms with Gasteiger partial charge in [0.05, 0.1) is 17.4 Å². The van der Waals surface area contributed by atoms with Gasteiger partial charge in [-0.15, -0.1) is 11.8 Å². The van der Waals surface area contributed by atoms with Gasteiger partial charge in [-0.1, -0.05) is 0 Å². The third-order valence-electron chi connectivity index (χ3n) is 2.69. The Morgan fingerprint density at radius 3 is 2.86 bits per heavy atom. The van der Waals surface area contributed by atoms with Gasteiger partial charge in [-0.25, -0.2) is 4.79 Å². The van der Waals surface area contributed by atoms with E-state index in [-0.39, 0.29) is 11.3 Å². The van der Waals surface area contributed by atoms with Gasteiger partial charge in [-0.05, 0) is 6.92 Å². The molecule has 2 saturated heterocycles. The van der Waals surface area contributed by atoms with E-state index < -0.39 is 24.0 Å². The van der Waals surface area contributed by atoms with Crippen molar-refractivity contribution in [3.05, 3.63) is 0 Å². The molecule has 78 valence electrons. The molecule has 2 fully saturated rings. The second-order valence-corrected chi connectivity index (χ2v) is 4.74. The monoisotopic (exact) mass is 217 g/mol. The van der Waals surface area contributed by atoms with E-state index in [4.69, 9.17) is 5.11 Å². The molecule has 2 aliphatic rings. The van der Waals surface area contributed by atoms with E-state index in [1.807, 2.05) is 0 Å². The highest BCUT2D eigenvalue weighted by molar-refractivity contribution is 8.00. The first-order valence-electron chi connectivity index (χ1n) is 4.38. The Labute approximate surface area is 85.1 Å². The predicted octanol–water partition coefficient (Wildman–Crippen LogP) is -0.648. The summed E-state index contributed by atoms with van der Waals surface area (Å²) in [5.74, 6) is -1.18. The molecular formula is C8H11NO4S. The minimum atomic E-state index is -0.961. The number of amides is 1. The third kappa shape index (κ3) is 1.14. The van der Waals surface area contributed by atoms with E-state index >= 15 is 0 Å². The van der Waals surface area contributed by atoms with Crippen LogP contribution in [-0.4, -0.2) is 50.3 Å². The Kier molecular flexibility index (Phi) is 2.19. The summed E-state index contributed by atoms with van der Waals surface area (Å²) < 4.78 is 0. The lowest BCUT2D eigenvalue weighted by Crippen LogP contribution is -2.64. The SMILES string of the molecule is CC(O)C1C(=O)N2C(C(=O)O)CS[C@@H]12. The fraction of sp³-hybridized carbons (Fsp3) is 0.750. The van der Waals surface area contributed by atoms with Crippen LogP contribution in [0.5, 0.6) is 0 Å². The van der Waals surface area contributed by atoms with E-state index in [0.717, 1.165) is 0 Å². The fourth-order valence-electron chi connectivity index (χ4n) is 1.93. The van der Waals surface area contributed by atoms with Crippen molar-refractivity contribution in [1.82, 2.24) is 4.90 Å². The number of fused-ring (bicyclic) bond motifs is 1. The van der Waals surface area contributed by atoms with Crippen molar-refractivity contribution in [1.29, 1.82) is 0 Å². The first-order chi connectivity index (χ1) is 6.54. The number of aliphatic carboxylic acids is 1. The van der Waals surface area contributed by atoms with Crippen LogP contribution in [0.3, 0.4) is 0 Å². The van der Waals surface area contributed by atoms with Crippen LogP contribution in [0.2, 0.25) is 0 Å². The summed E-state index contributed by atoms with van der Waals surface area (Å²) in [5.41, 5.74) is 0. The molecule has 0 radical (unpaired) electrons. The van der Waals surface area contributed by atoms with Gasteiger partial charge < -0.3 is 15.1 Å². The molecule has 2 heterocycles. The van der Waals surface area contributed by atoms with Crippen LogP contribution in [0.25, 0.3) is 0 Å². The maximum absolute atomic E-state index is 11.5. The van der Waals surface area contributed by atoms with Gasteiger partial charge in [-0.3, -0.25) is 4.79 Å². The van der Waals surface area contributed by atoms with Crippen LogP contribution in [-0.2, 0) is 9.59 Å². The third-order valence-corrected chi connectivity index (χ3v) is 4.06. The zero-order valence-electron chi connectivity index (χ0n) is 7.58. The lowest BCUT2D eigenvalue weighted by atomic mass is 9.91. The number of thioether (sulfide) groups is 1. The summed E-state index contributed by atoms with van der Waals surface area (Å²) >= 11 is 1.43. The Bertz CT molecular complexity index is 293. The maximum atomic E-state index is 11.5. The number of rotatable bonds is 2. The smallest absolute Gasteiger partial charge is 0.327 e. The second-order valence-electron chi connectivity index (χ2n) is 3.59. The summed E-state index contributed by atoms with van der Waals surface area (Å²) in [6, 6.07) is -0.701. The van der Waals surface area contributed by atoms with Gasteiger partial charge in [0.1, 0.15) is 6.04 Å². The number of nitrogens with zero attached hydrogens (tertiary/aromatic N) is 1. The number of carbonyl (C=O) groups excluding carboxylic acids is 1. The second kappa shape index (κ2) is 3.13. The van der Waals surface area contributed by atoms with E-state index in [1.54, 1.807) is 6.92 Å². The van der Waals surface area contributed by atoms with Crippen LogP contribution < -0.4 is 0 Å². The Hall–Kier alpha value is -0.750. The quantitative estimate of drug-likeness (QED) is 0.601. The zero-order chi connectivity index (χ0) is 10.5. The van der Waals surface area contributed by atoms with Crippen molar-refractivity contribution >= 4 is 23.6 Å². The van der Waals surface area contributed by atoms with Gasteiger partial charge in [-0.2, -0.15) is 0 Å². The first-order valence-corrected chi connectivity index (χ1v) is 5.43. The van der Waals surface area contributed by atoms with Crippen molar-refractivity contribution < 1.29 is 19.8 Å². The molecule has 14 heavy (non-hydrogen) atoms. The summed E-state index contributed by atoms with van der Waals surface area (Å²) in [5, 5.41) is 18.0. The largest absolute Gasteiger partial charge is 0.480 e. The standard InChI is InChI=1S/C8H11NO4S/c1-3(10)5-6(11)9-4(8(12)13)2-14-7(5)9/h3-5,7,10H,2H2,1H3,(H,12,13)/t3?,4?,5?,7-/m0/s1. The van der Waals surface area contributed by atoms with E-state index in [1.165, 1.54) is 16.7 Å². The van der Waals surface area contributed by atoms with E-state index in [9.17, 15) is 14.7 Å². The number of hydrogen-bond donors (Lipinski definition) is 2. The topological polar surface area (TPSA) is 77.8 Å². The predicted molar refractivity (Wildman–Crippen MR) is 49.7 cm³/mol. The van der Waals surface area contributed by atoms with Crippen LogP contribution in [0.1, 0.15) is 6.92 Å². The Balaban J connectivity index is 2.13. The van der Waals surface area contributed by atoms with E-state index in [0.29, 0.717) is 5.75 Å². The van der Waals surface area contributed by atoms with Crippen LogP contribution in [0, 0.1) is 5.92 Å². The molecule has 2 N–H and O–H groups in total. The lowest BCUT2D eigenvalue weighted by molar-refractivity contribution is -0.166. The van der Waals surface area contributed by atoms with Crippen molar-refractivity contribution in [2.24, 2.45) is 5.92 Å². The molecule has 6 heteroatoms. The molecule has 2 rings (SSSR count). The van der Waals surface area contributed by atoms with Crippen LogP contribution >= 0.6 is 11.8 Å². The van der Waals surface area contributed by atoms with Gasteiger partial charge in [0.2, 0.25) is 5.91 Å². The summed E-state index contributed by atoms with van der Waals surface area (Å²) in [6.45, 7) is 1.56. The molecule has 5 nitrogen and oxygen atoms in total. The molecule has 0 bridgehead atoms. The average Bonchev–Trinajstić information content (AvgIpc) is 2.42. The minimum Gasteiger partial charge on any atom is -0.480 e.